The first-order valence-electron chi connectivity index (χ1n) is 19.4. The zero-order chi connectivity index (χ0) is 48.2. The predicted octanol–water partition coefficient (Wildman–Crippen LogP) is -10.3. The summed E-state index contributed by atoms with van der Waals surface area (Å²) < 4.78 is 74.7. The van der Waals surface area contributed by atoms with Gasteiger partial charge in [0.25, 0.3) is 5.79 Å². The highest BCUT2D eigenvalue weighted by Gasteiger charge is 2.60. The highest BCUT2D eigenvalue weighted by Crippen LogP contribution is 2.38. The van der Waals surface area contributed by atoms with Crippen LogP contribution in [0.3, 0.4) is 0 Å². The van der Waals surface area contributed by atoms with E-state index in [-0.39, 0.29) is 0 Å². The lowest BCUT2D eigenvalue weighted by molar-refractivity contribution is -0.381. The fourth-order valence-corrected chi connectivity index (χ4v) is 7.80. The molecule has 4 saturated heterocycles. The van der Waals surface area contributed by atoms with E-state index in [2.05, 4.69) is 20.1 Å². The first-order chi connectivity index (χ1) is 29.7. The Hall–Kier alpha value is -2.97. The van der Waals surface area contributed by atoms with E-state index in [1.807, 2.05) is 0 Å². The van der Waals surface area contributed by atoms with Gasteiger partial charge in [-0.3, -0.25) is 18.9 Å². The highest BCUT2D eigenvalue weighted by molar-refractivity contribution is 7.80. The minimum absolute atomic E-state index is 0.788. The number of nitrogens with one attached hydrogen (secondary N) is 3. The van der Waals surface area contributed by atoms with Gasteiger partial charge < -0.3 is 110 Å². The Kier molecular flexibility index (Phi) is 18.6. The molecule has 4 aliphatic rings. The van der Waals surface area contributed by atoms with Crippen LogP contribution in [0.25, 0.3) is 0 Å². The van der Waals surface area contributed by atoms with Crippen LogP contribution < -0.4 is 16.0 Å². The number of carboxylic acids is 1. The number of aliphatic hydroxyl groups excluding tert-OH is 11. The fourth-order valence-electron chi connectivity index (χ4n) is 7.49. The van der Waals surface area contributed by atoms with Crippen LogP contribution in [0, 0.1) is 0 Å². The molecular weight excluding hydrogens is 902 g/mol. The van der Waals surface area contributed by atoms with Gasteiger partial charge in [-0.1, -0.05) is 0 Å². The second-order valence-corrected chi connectivity index (χ2v) is 16.4. The first-order valence-corrected chi connectivity index (χ1v) is 20.7. The Labute approximate surface area is 362 Å². The zero-order valence-electron chi connectivity index (χ0n) is 34.0. The van der Waals surface area contributed by atoms with Gasteiger partial charge in [-0.15, -0.1) is 0 Å². The lowest BCUT2D eigenvalue weighted by Crippen LogP contribution is -2.71. The molecule has 4 rings (SSSR count). The van der Waals surface area contributed by atoms with Gasteiger partial charge in [-0.05, 0) is 0 Å². The Balaban J connectivity index is 1.63. The Morgan fingerprint density at radius 3 is 1.81 bits per heavy atom. The van der Waals surface area contributed by atoms with Crippen molar-refractivity contribution in [1.29, 1.82) is 0 Å². The van der Waals surface area contributed by atoms with Gasteiger partial charge in [-0.2, -0.15) is 8.42 Å². The molecule has 64 heavy (non-hydrogen) atoms. The number of carbonyl (C=O) groups is 4. The lowest BCUT2D eigenvalue weighted by atomic mass is 9.88. The maximum atomic E-state index is 12.9. The number of carbonyl (C=O) groups excluding carboxylic acids is 3. The largest absolute Gasteiger partial charge is 0.477 e. The minimum atomic E-state index is -5.09. The van der Waals surface area contributed by atoms with E-state index < -0.39 is 195 Å². The highest BCUT2D eigenvalue weighted by atomic mass is 32.3. The van der Waals surface area contributed by atoms with Crippen LogP contribution in [0.2, 0.25) is 0 Å². The summed E-state index contributed by atoms with van der Waals surface area (Å²) in [6, 6.07) is -5.01. The average Bonchev–Trinajstić information content (AvgIpc) is 3.20. The molecule has 0 aromatic rings. The number of carboxylic acid groups (broad SMARTS) is 1. The van der Waals surface area contributed by atoms with Crippen LogP contribution in [0.5, 0.6) is 0 Å². The zero-order valence-corrected chi connectivity index (χ0v) is 34.8. The summed E-state index contributed by atoms with van der Waals surface area (Å²) in [4.78, 5) is 49.0. The van der Waals surface area contributed by atoms with Crippen molar-refractivity contribution in [1.82, 2.24) is 16.0 Å². The molecule has 0 radical (unpaired) electrons. The van der Waals surface area contributed by atoms with Crippen molar-refractivity contribution in [3.63, 3.8) is 0 Å². The maximum absolute atomic E-state index is 12.9. The molecule has 0 aromatic carbocycles. The molecule has 31 heteroatoms. The molecule has 0 saturated carbocycles. The molecule has 21 atom stereocenters. The van der Waals surface area contributed by atoms with Gasteiger partial charge in [0.2, 0.25) is 17.7 Å². The molecule has 0 spiro atoms. The fraction of sp³-hybridized carbons (Fsp3) is 0.879. The van der Waals surface area contributed by atoms with Crippen LogP contribution >= 0.6 is 0 Å². The Morgan fingerprint density at radius 1 is 0.719 bits per heavy atom. The van der Waals surface area contributed by atoms with E-state index in [0.717, 1.165) is 20.8 Å². The monoisotopic (exact) mass is 957 g/mol. The third-order valence-corrected chi connectivity index (χ3v) is 11.0. The predicted molar refractivity (Wildman–Crippen MR) is 196 cm³/mol. The third kappa shape index (κ3) is 12.7. The third-order valence-electron chi connectivity index (χ3n) is 10.6. The second-order valence-electron chi connectivity index (χ2n) is 15.3. The number of hydrogen-bond donors (Lipinski definition) is 16. The van der Waals surface area contributed by atoms with Crippen LogP contribution in [0.4, 0.5) is 0 Å². The smallest absolute Gasteiger partial charge is 0.397 e. The molecule has 30 nitrogen and oxygen atoms in total. The van der Waals surface area contributed by atoms with E-state index in [0.29, 0.717) is 0 Å². The van der Waals surface area contributed by atoms with E-state index in [4.69, 9.17) is 37.7 Å². The molecule has 370 valence electrons. The van der Waals surface area contributed by atoms with Gasteiger partial charge in [0.1, 0.15) is 91.4 Å². The van der Waals surface area contributed by atoms with Crippen molar-refractivity contribution in [3.8, 4) is 0 Å². The molecule has 4 fully saturated rings. The van der Waals surface area contributed by atoms with E-state index >= 15 is 0 Å². The van der Waals surface area contributed by atoms with Gasteiger partial charge in [-0.25, -0.2) is 8.98 Å². The quantitative estimate of drug-likeness (QED) is 0.0567. The van der Waals surface area contributed by atoms with Crippen molar-refractivity contribution in [2.75, 3.05) is 26.4 Å². The van der Waals surface area contributed by atoms with E-state index in [1.165, 1.54) is 0 Å². The standard InChI is InChI=1S/C33H55N3O27S/c1-9(39)34-17-12(42)4-33(32(51)52,62-27(17)20(44)13(43)5-37)63-28-22(46)14(6-38)59-31(25(28)49)61-26-19(36-11(3)41)29(50)58-15(23(26)47)7-56-30-18(35-10(2)40)24(48)21(45)16(60-30)8-57-64(53,54)55/h12-31,37-38,42-50H,4-8H2,1-3H3,(H,34,39)(H,35,40)(H,36,41)(H,51,52)(H,53,54,55)/t12-,13+,14+,15+,16+,17+,18+,19+,20+,21+,22-,23-,24+,25+,26+,27+,28-,29?,30+,31-,33-/m0/s1. The van der Waals surface area contributed by atoms with Crippen LogP contribution in [-0.4, -0.2) is 253 Å². The number of aliphatic carboxylic acids is 1. The topological polar surface area (TPSA) is 475 Å². The van der Waals surface area contributed by atoms with E-state index in [1.54, 1.807) is 0 Å². The molecule has 4 heterocycles. The van der Waals surface area contributed by atoms with Crippen molar-refractivity contribution >= 4 is 34.1 Å². The van der Waals surface area contributed by atoms with Crippen molar-refractivity contribution in [2.45, 2.75) is 155 Å². The van der Waals surface area contributed by atoms with Gasteiger partial charge >= 0.3 is 16.4 Å². The molecule has 4 aliphatic heterocycles. The molecular formula is C33H55N3O27S. The lowest BCUT2D eigenvalue weighted by Gasteiger charge is -2.51. The van der Waals surface area contributed by atoms with Crippen LogP contribution in [0.15, 0.2) is 0 Å². The Bertz CT molecular complexity index is 1720. The van der Waals surface area contributed by atoms with Crippen molar-refractivity contribution in [3.05, 3.63) is 0 Å². The van der Waals surface area contributed by atoms with E-state index in [9.17, 15) is 88.9 Å². The summed E-state index contributed by atoms with van der Waals surface area (Å²) in [7, 11) is -5.09. The number of amides is 3. The summed E-state index contributed by atoms with van der Waals surface area (Å²) in [6.07, 6.45) is -35.7. The number of aliphatic hydroxyl groups is 11. The molecule has 3 amide bonds. The summed E-state index contributed by atoms with van der Waals surface area (Å²) >= 11 is 0. The van der Waals surface area contributed by atoms with Gasteiger partial charge in [0.15, 0.2) is 18.9 Å². The molecule has 16 N–H and O–H groups in total. The summed E-state index contributed by atoms with van der Waals surface area (Å²) in [5.41, 5.74) is 0. The molecule has 0 aliphatic carbocycles. The maximum Gasteiger partial charge on any atom is 0.397 e. The SMILES string of the molecule is CC(=O)N[C@H]1[C@H](OC[C@H]2OC(O)[C@H](NC(C)=O)[C@@H](O[C@@H]3O[C@H](CO)[C@H](O)[C@H](O[C@]4(C(=O)O)C[C@H](O)[C@@H](NC(C)=O)[C@H]([C@H](O)[C@H](O)CO)O4)[C@H]3O)[C@H]2O)O[C@H](COS(=O)(=O)O)[C@@H](O)[C@@H]1O. The van der Waals surface area contributed by atoms with Gasteiger partial charge in [0.05, 0.1) is 38.6 Å². The number of hydrogen-bond acceptors (Lipinski definition) is 25. The average molecular weight is 958 g/mol. The van der Waals surface area contributed by atoms with Crippen molar-refractivity contribution < 1.29 is 131 Å². The van der Waals surface area contributed by atoms with Gasteiger partial charge in [0, 0.05) is 27.2 Å². The number of rotatable bonds is 18. The summed E-state index contributed by atoms with van der Waals surface area (Å²) in [5.74, 6) is -7.69. The summed E-state index contributed by atoms with van der Waals surface area (Å²) in [6.45, 7) is -1.21. The molecule has 1 unspecified atom stereocenters. The summed E-state index contributed by atoms with van der Waals surface area (Å²) in [5, 5.41) is 135. The second kappa shape index (κ2) is 22.2. The number of ether oxygens (including phenoxy) is 7. The van der Waals surface area contributed by atoms with Crippen LogP contribution in [-0.2, 0) is 66.9 Å². The Morgan fingerprint density at radius 2 is 1.27 bits per heavy atom. The van der Waals surface area contributed by atoms with Crippen molar-refractivity contribution in [2.24, 2.45) is 0 Å². The minimum Gasteiger partial charge on any atom is -0.477 e. The first kappa shape index (κ1) is 53.6. The molecule has 0 aromatic heterocycles. The normalized spacial score (nSPS) is 41.6. The van der Waals surface area contributed by atoms with Crippen LogP contribution in [0.1, 0.15) is 27.2 Å². The molecule has 0 bridgehead atoms.